The van der Waals surface area contributed by atoms with Crippen molar-refractivity contribution < 1.29 is 24.3 Å². The molecular formula is C4H8ORu. The van der Waals surface area contributed by atoms with Crippen molar-refractivity contribution in [2.45, 2.75) is 19.8 Å². The van der Waals surface area contributed by atoms with E-state index in [1.54, 1.807) is 0 Å². The average molecular weight is 173 g/mol. The molecular weight excluding hydrogens is 165 g/mol. The van der Waals surface area contributed by atoms with Gasteiger partial charge in [-0.05, 0) is 6.42 Å². The molecule has 0 rings (SSSR count). The van der Waals surface area contributed by atoms with Gasteiger partial charge in [-0.1, -0.05) is 6.92 Å². The Bertz CT molecular complexity index is 28.7. The number of hydrogen-bond acceptors (Lipinski definition) is 1. The van der Waals surface area contributed by atoms with Crippen LogP contribution in [0.3, 0.4) is 0 Å². The number of hydrogen-bond donors (Lipinski definition) is 0. The SMILES string of the molecule is CCCC=O.[Ru]. The topological polar surface area (TPSA) is 17.1 Å². The molecule has 0 aliphatic heterocycles. The Balaban J connectivity index is 0. The van der Waals surface area contributed by atoms with Gasteiger partial charge in [0.05, 0.1) is 0 Å². The predicted molar refractivity (Wildman–Crippen MR) is 21.0 cm³/mol. The first-order valence-corrected chi connectivity index (χ1v) is 1.85. The summed E-state index contributed by atoms with van der Waals surface area (Å²) in [5, 5.41) is 0. The predicted octanol–water partition coefficient (Wildman–Crippen LogP) is 0.983. The van der Waals surface area contributed by atoms with Gasteiger partial charge in [-0.15, -0.1) is 0 Å². The van der Waals surface area contributed by atoms with Gasteiger partial charge in [0.25, 0.3) is 0 Å². The van der Waals surface area contributed by atoms with E-state index in [0.717, 1.165) is 12.7 Å². The van der Waals surface area contributed by atoms with Gasteiger partial charge in [0, 0.05) is 25.9 Å². The number of carbonyl (C=O) groups excluding carboxylic acids is 1. The van der Waals surface area contributed by atoms with Crippen LogP contribution in [0.5, 0.6) is 0 Å². The second-order valence-electron chi connectivity index (χ2n) is 0.955. The minimum atomic E-state index is 0. The molecule has 0 N–H and O–H groups in total. The fourth-order valence-corrected chi connectivity index (χ4v) is 0.118. The monoisotopic (exact) mass is 174 g/mol. The van der Waals surface area contributed by atoms with Crippen molar-refractivity contribution in [3.8, 4) is 0 Å². The molecule has 0 saturated heterocycles. The van der Waals surface area contributed by atoms with Gasteiger partial charge < -0.3 is 4.79 Å². The Labute approximate surface area is 50.9 Å². The first kappa shape index (κ1) is 9.57. The molecule has 0 saturated carbocycles. The van der Waals surface area contributed by atoms with E-state index in [1.807, 2.05) is 6.92 Å². The summed E-state index contributed by atoms with van der Waals surface area (Å²) < 4.78 is 0. The normalized spacial score (nSPS) is 6.17. The van der Waals surface area contributed by atoms with Crippen molar-refractivity contribution in [2.24, 2.45) is 0 Å². The van der Waals surface area contributed by atoms with E-state index in [-0.39, 0.29) is 19.5 Å². The van der Waals surface area contributed by atoms with Crippen LogP contribution in [0.25, 0.3) is 0 Å². The molecule has 38 valence electrons. The van der Waals surface area contributed by atoms with Crippen molar-refractivity contribution in [1.29, 1.82) is 0 Å². The summed E-state index contributed by atoms with van der Waals surface area (Å²) in [6.45, 7) is 1.98. The van der Waals surface area contributed by atoms with Gasteiger partial charge in [-0.2, -0.15) is 0 Å². The second-order valence-corrected chi connectivity index (χ2v) is 0.955. The molecule has 0 heterocycles. The molecule has 0 aromatic rings. The minimum absolute atomic E-state index is 0. The maximum absolute atomic E-state index is 9.40. The molecule has 0 fully saturated rings. The minimum Gasteiger partial charge on any atom is -0.303 e. The first-order valence-electron chi connectivity index (χ1n) is 1.85. The van der Waals surface area contributed by atoms with Crippen LogP contribution < -0.4 is 0 Å². The van der Waals surface area contributed by atoms with Crippen molar-refractivity contribution in [3.05, 3.63) is 0 Å². The largest absolute Gasteiger partial charge is 0.303 e. The van der Waals surface area contributed by atoms with E-state index in [1.165, 1.54) is 0 Å². The van der Waals surface area contributed by atoms with Gasteiger partial charge in [-0.25, -0.2) is 0 Å². The standard InChI is InChI=1S/C4H8O.Ru/c1-2-3-4-5;/h4H,2-3H2,1H3;. The second kappa shape index (κ2) is 9.00. The molecule has 0 unspecified atom stereocenters. The molecule has 0 spiro atoms. The molecule has 0 radical (unpaired) electrons. The molecule has 0 amide bonds. The molecule has 0 bridgehead atoms. The third-order valence-corrected chi connectivity index (χ3v) is 0.407. The van der Waals surface area contributed by atoms with E-state index >= 15 is 0 Å². The van der Waals surface area contributed by atoms with Crippen molar-refractivity contribution in [1.82, 2.24) is 0 Å². The Kier molecular flexibility index (Phi) is 14.3. The van der Waals surface area contributed by atoms with Crippen molar-refractivity contribution in [2.75, 3.05) is 0 Å². The van der Waals surface area contributed by atoms with Gasteiger partial charge in [0.15, 0.2) is 0 Å². The van der Waals surface area contributed by atoms with Crippen LogP contribution in [-0.2, 0) is 24.3 Å². The maximum atomic E-state index is 9.40. The molecule has 0 aliphatic carbocycles. The molecule has 0 aromatic heterocycles. The number of unbranched alkanes of at least 4 members (excludes halogenated alkanes) is 1. The molecule has 0 aliphatic rings. The number of rotatable bonds is 2. The summed E-state index contributed by atoms with van der Waals surface area (Å²) in [6, 6.07) is 0. The van der Waals surface area contributed by atoms with E-state index in [2.05, 4.69) is 0 Å². The van der Waals surface area contributed by atoms with E-state index < -0.39 is 0 Å². The zero-order valence-corrected chi connectivity index (χ0v) is 5.49. The van der Waals surface area contributed by atoms with Gasteiger partial charge in [0.1, 0.15) is 6.29 Å². The van der Waals surface area contributed by atoms with Gasteiger partial charge in [-0.3, -0.25) is 0 Å². The third-order valence-electron chi connectivity index (χ3n) is 0.407. The molecule has 0 atom stereocenters. The summed E-state index contributed by atoms with van der Waals surface area (Å²) >= 11 is 0. The third kappa shape index (κ3) is 8.85. The Morgan fingerprint density at radius 2 is 2.17 bits per heavy atom. The fourth-order valence-electron chi connectivity index (χ4n) is 0.118. The zero-order chi connectivity index (χ0) is 4.12. The van der Waals surface area contributed by atoms with Crippen LogP contribution in [0.1, 0.15) is 19.8 Å². The van der Waals surface area contributed by atoms with Crippen LogP contribution in [0, 0.1) is 0 Å². The Morgan fingerprint density at radius 1 is 1.67 bits per heavy atom. The molecule has 2 heteroatoms. The van der Waals surface area contributed by atoms with Crippen LogP contribution >= 0.6 is 0 Å². The summed E-state index contributed by atoms with van der Waals surface area (Å²) in [5.41, 5.74) is 0. The number of aldehydes is 1. The first-order chi connectivity index (χ1) is 2.41. The van der Waals surface area contributed by atoms with Crippen LogP contribution in [0.15, 0.2) is 0 Å². The van der Waals surface area contributed by atoms with Gasteiger partial charge in [0.2, 0.25) is 0 Å². The zero-order valence-electron chi connectivity index (χ0n) is 3.75. The van der Waals surface area contributed by atoms with Crippen LogP contribution in [-0.4, -0.2) is 6.29 Å². The number of carbonyl (C=O) groups is 1. The van der Waals surface area contributed by atoms with Crippen LogP contribution in [0.2, 0.25) is 0 Å². The van der Waals surface area contributed by atoms with E-state index in [0.29, 0.717) is 6.42 Å². The smallest absolute Gasteiger partial charge is 0.119 e. The van der Waals surface area contributed by atoms with E-state index in [4.69, 9.17) is 0 Å². The van der Waals surface area contributed by atoms with Crippen LogP contribution in [0.4, 0.5) is 0 Å². The molecule has 1 nitrogen and oxygen atoms in total. The molecule has 0 aromatic carbocycles. The summed E-state index contributed by atoms with van der Waals surface area (Å²) in [4.78, 5) is 9.40. The van der Waals surface area contributed by atoms with Gasteiger partial charge >= 0.3 is 0 Å². The fraction of sp³-hybridized carbons (Fsp3) is 0.750. The summed E-state index contributed by atoms with van der Waals surface area (Å²) in [6.07, 6.45) is 2.61. The Hall–Kier alpha value is 0.293. The summed E-state index contributed by atoms with van der Waals surface area (Å²) in [5.74, 6) is 0. The summed E-state index contributed by atoms with van der Waals surface area (Å²) in [7, 11) is 0. The molecule has 6 heavy (non-hydrogen) atoms. The van der Waals surface area contributed by atoms with E-state index in [9.17, 15) is 4.79 Å². The average Bonchev–Trinajstić information content (AvgIpc) is 1.41. The van der Waals surface area contributed by atoms with Crippen molar-refractivity contribution in [3.63, 3.8) is 0 Å². The quantitative estimate of drug-likeness (QED) is 0.449. The Morgan fingerprint density at radius 3 is 2.17 bits per heavy atom. The van der Waals surface area contributed by atoms with Crippen molar-refractivity contribution >= 4 is 6.29 Å². The maximum Gasteiger partial charge on any atom is 0.119 e.